The van der Waals surface area contributed by atoms with Crippen LogP contribution in [0.2, 0.25) is 0 Å². The molecule has 0 bridgehead atoms. The number of thiazole rings is 1. The van der Waals surface area contributed by atoms with Crippen molar-refractivity contribution in [1.29, 1.82) is 0 Å². The number of benzene rings is 3. The van der Waals surface area contributed by atoms with Gasteiger partial charge in [-0.2, -0.15) is 0 Å². The maximum atomic E-state index is 5.60. The van der Waals surface area contributed by atoms with E-state index in [1.54, 1.807) is 25.6 Å². The van der Waals surface area contributed by atoms with Crippen molar-refractivity contribution in [3.05, 3.63) is 77.9 Å². The second-order valence-corrected chi connectivity index (χ2v) is 7.93. The van der Waals surface area contributed by atoms with E-state index < -0.39 is 0 Å². The molecule has 0 amide bonds. The summed E-state index contributed by atoms with van der Waals surface area (Å²) in [5.74, 6) is 1.72. The molecule has 0 aliphatic carbocycles. The van der Waals surface area contributed by atoms with Gasteiger partial charge >= 0.3 is 0 Å². The van der Waals surface area contributed by atoms with Gasteiger partial charge in [-0.25, -0.2) is 4.98 Å². The molecule has 0 saturated heterocycles. The minimum absolute atomic E-state index is 0.207. The van der Waals surface area contributed by atoms with Gasteiger partial charge in [0.25, 0.3) is 0 Å². The van der Waals surface area contributed by atoms with Crippen LogP contribution in [-0.2, 0) is 6.54 Å². The fourth-order valence-electron chi connectivity index (χ4n) is 3.32. The number of methoxy groups -OCH3 is 2. The van der Waals surface area contributed by atoms with Gasteiger partial charge in [0.15, 0.2) is 0 Å². The number of nitrogens with one attached hydrogen (secondary N) is 1. The Hall–Kier alpha value is -2.89. The molecule has 29 heavy (non-hydrogen) atoms. The van der Waals surface area contributed by atoms with Gasteiger partial charge in [-0.05, 0) is 54.4 Å². The van der Waals surface area contributed by atoms with Crippen molar-refractivity contribution >= 4 is 21.6 Å². The van der Waals surface area contributed by atoms with E-state index in [1.807, 2.05) is 36.4 Å². The van der Waals surface area contributed by atoms with Gasteiger partial charge < -0.3 is 14.8 Å². The Morgan fingerprint density at radius 3 is 2.62 bits per heavy atom. The lowest BCUT2D eigenvalue weighted by molar-refractivity contribution is 0.413. The van der Waals surface area contributed by atoms with Crippen LogP contribution < -0.4 is 14.8 Å². The molecule has 0 radical (unpaired) electrons. The molecule has 4 rings (SSSR count). The lowest BCUT2D eigenvalue weighted by atomic mass is 10.1. The van der Waals surface area contributed by atoms with Crippen LogP contribution in [0.15, 0.2) is 66.7 Å². The minimum Gasteiger partial charge on any atom is -0.497 e. The lowest BCUT2D eigenvalue weighted by Crippen LogP contribution is -2.18. The Kier molecular flexibility index (Phi) is 5.79. The van der Waals surface area contributed by atoms with Gasteiger partial charge in [0.05, 0.1) is 30.0 Å². The fraction of sp³-hybridized carbons (Fsp3) is 0.208. The van der Waals surface area contributed by atoms with Crippen molar-refractivity contribution < 1.29 is 9.47 Å². The molecule has 1 heterocycles. The van der Waals surface area contributed by atoms with Crippen molar-refractivity contribution in [3.63, 3.8) is 0 Å². The quantitative estimate of drug-likeness (QED) is 0.421. The van der Waals surface area contributed by atoms with E-state index in [9.17, 15) is 0 Å². The average molecular weight is 405 g/mol. The highest BCUT2D eigenvalue weighted by atomic mass is 32.1. The van der Waals surface area contributed by atoms with Crippen LogP contribution in [0, 0.1) is 0 Å². The van der Waals surface area contributed by atoms with Gasteiger partial charge in [0, 0.05) is 12.6 Å². The SMILES string of the molecule is COc1cccc([C@@H](C)NCc2ccc(OC)c(-c3nc4ccccc4s3)c2)c1. The first-order chi connectivity index (χ1) is 14.2. The number of hydrogen-bond acceptors (Lipinski definition) is 5. The van der Waals surface area contributed by atoms with E-state index in [4.69, 9.17) is 14.5 Å². The van der Waals surface area contributed by atoms with Crippen LogP contribution in [0.25, 0.3) is 20.8 Å². The van der Waals surface area contributed by atoms with E-state index in [-0.39, 0.29) is 6.04 Å². The van der Waals surface area contributed by atoms with Crippen LogP contribution >= 0.6 is 11.3 Å². The summed E-state index contributed by atoms with van der Waals surface area (Å²) >= 11 is 1.69. The highest BCUT2D eigenvalue weighted by Crippen LogP contribution is 2.36. The molecule has 0 spiro atoms. The second-order valence-electron chi connectivity index (χ2n) is 6.90. The first-order valence-electron chi connectivity index (χ1n) is 9.58. The van der Waals surface area contributed by atoms with Gasteiger partial charge in [0.2, 0.25) is 0 Å². The zero-order valence-corrected chi connectivity index (χ0v) is 17.6. The largest absolute Gasteiger partial charge is 0.497 e. The maximum Gasteiger partial charge on any atom is 0.129 e. The third kappa shape index (κ3) is 4.26. The van der Waals surface area contributed by atoms with E-state index in [0.29, 0.717) is 0 Å². The van der Waals surface area contributed by atoms with Crippen LogP contribution in [0.1, 0.15) is 24.1 Å². The summed E-state index contributed by atoms with van der Waals surface area (Å²) in [7, 11) is 3.40. The molecule has 4 nitrogen and oxygen atoms in total. The smallest absolute Gasteiger partial charge is 0.129 e. The molecule has 0 fully saturated rings. The molecule has 4 aromatic rings. The molecule has 3 aromatic carbocycles. The molecular weight excluding hydrogens is 380 g/mol. The zero-order valence-electron chi connectivity index (χ0n) is 16.8. The summed E-state index contributed by atoms with van der Waals surface area (Å²) in [6.45, 7) is 2.91. The molecule has 148 valence electrons. The Morgan fingerprint density at radius 2 is 1.83 bits per heavy atom. The first kappa shape index (κ1) is 19.4. The Balaban J connectivity index is 1.56. The summed E-state index contributed by atoms with van der Waals surface area (Å²) in [6, 6.07) is 22.9. The maximum absolute atomic E-state index is 5.60. The third-order valence-electron chi connectivity index (χ3n) is 4.99. The van der Waals surface area contributed by atoms with Crippen molar-refractivity contribution in [3.8, 4) is 22.1 Å². The molecule has 0 saturated carbocycles. The number of fused-ring (bicyclic) bond motifs is 1. The van der Waals surface area contributed by atoms with Crippen LogP contribution in [0.4, 0.5) is 0 Å². The summed E-state index contributed by atoms with van der Waals surface area (Å²) in [5, 5.41) is 4.57. The highest BCUT2D eigenvalue weighted by molar-refractivity contribution is 7.21. The topological polar surface area (TPSA) is 43.4 Å². The zero-order chi connectivity index (χ0) is 20.2. The Morgan fingerprint density at radius 1 is 0.966 bits per heavy atom. The van der Waals surface area contributed by atoms with Crippen molar-refractivity contribution in [2.45, 2.75) is 19.5 Å². The fourth-order valence-corrected chi connectivity index (χ4v) is 4.31. The normalized spacial score (nSPS) is 12.1. The van der Waals surface area contributed by atoms with E-state index >= 15 is 0 Å². The third-order valence-corrected chi connectivity index (χ3v) is 6.06. The molecule has 5 heteroatoms. The van der Waals surface area contributed by atoms with Gasteiger partial charge in [-0.1, -0.05) is 30.3 Å². The molecule has 0 aliphatic heterocycles. The van der Waals surface area contributed by atoms with Crippen LogP contribution in [0.5, 0.6) is 11.5 Å². The first-order valence-corrected chi connectivity index (χ1v) is 10.4. The Labute approximate surface area is 175 Å². The summed E-state index contributed by atoms with van der Waals surface area (Å²) < 4.78 is 12.1. The second kappa shape index (κ2) is 8.64. The number of nitrogens with zero attached hydrogens (tertiary/aromatic N) is 1. The number of hydrogen-bond donors (Lipinski definition) is 1. The monoisotopic (exact) mass is 404 g/mol. The summed E-state index contributed by atoms with van der Waals surface area (Å²) in [6.07, 6.45) is 0. The number of aromatic nitrogens is 1. The summed E-state index contributed by atoms with van der Waals surface area (Å²) in [5.41, 5.74) is 4.44. The predicted molar refractivity (Wildman–Crippen MR) is 120 cm³/mol. The molecule has 0 aliphatic rings. The van der Waals surface area contributed by atoms with E-state index in [1.165, 1.54) is 15.8 Å². The van der Waals surface area contributed by atoms with Crippen LogP contribution in [0.3, 0.4) is 0 Å². The number of rotatable bonds is 7. The standard InChI is InChI=1S/C24H24N2O2S/c1-16(18-7-6-8-19(14-18)27-2)25-15-17-11-12-22(28-3)20(13-17)24-26-21-9-4-5-10-23(21)29-24/h4-14,16,25H,15H2,1-3H3/t16-/m1/s1. The summed E-state index contributed by atoms with van der Waals surface area (Å²) in [4.78, 5) is 4.80. The molecule has 0 unspecified atom stereocenters. The van der Waals surface area contributed by atoms with Crippen molar-refractivity contribution in [2.24, 2.45) is 0 Å². The average Bonchev–Trinajstić information content (AvgIpc) is 3.21. The lowest BCUT2D eigenvalue weighted by Gasteiger charge is -2.16. The van der Waals surface area contributed by atoms with Gasteiger partial charge in [-0.15, -0.1) is 11.3 Å². The van der Waals surface area contributed by atoms with Crippen LogP contribution in [-0.4, -0.2) is 19.2 Å². The molecule has 1 atom stereocenters. The van der Waals surface area contributed by atoms with E-state index in [0.717, 1.165) is 34.1 Å². The molecule has 1 N–H and O–H groups in total. The minimum atomic E-state index is 0.207. The van der Waals surface area contributed by atoms with Crippen molar-refractivity contribution in [2.75, 3.05) is 14.2 Å². The molecule has 1 aromatic heterocycles. The van der Waals surface area contributed by atoms with E-state index in [2.05, 4.69) is 42.6 Å². The predicted octanol–water partition coefficient (Wildman–Crippen LogP) is 5.83. The molecular formula is C24H24N2O2S. The van der Waals surface area contributed by atoms with Gasteiger partial charge in [0.1, 0.15) is 16.5 Å². The van der Waals surface area contributed by atoms with Crippen molar-refractivity contribution in [1.82, 2.24) is 10.3 Å². The highest BCUT2D eigenvalue weighted by Gasteiger charge is 2.13. The number of ether oxygens (including phenoxy) is 2. The van der Waals surface area contributed by atoms with Gasteiger partial charge in [-0.3, -0.25) is 0 Å². The number of para-hydroxylation sites is 1. The Bertz CT molecular complexity index is 1090.